The van der Waals surface area contributed by atoms with Crippen molar-refractivity contribution in [2.75, 3.05) is 26.9 Å². The number of aliphatic hydroxyl groups excluding tert-OH is 2. The second-order valence-corrected chi connectivity index (χ2v) is 10.6. The minimum Gasteiger partial charge on any atom is -0.438 e. The van der Waals surface area contributed by atoms with Crippen LogP contribution in [0.15, 0.2) is 21.9 Å². The van der Waals surface area contributed by atoms with Gasteiger partial charge in [0.2, 0.25) is 13.6 Å². The monoisotopic (exact) mass is 572 g/mol. The van der Waals surface area contributed by atoms with Crippen LogP contribution in [0, 0.1) is 17.8 Å². The molecule has 0 aliphatic rings. The Labute approximate surface area is 217 Å². The summed E-state index contributed by atoms with van der Waals surface area (Å²) in [5.74, 6) is -4.23. The van der Waals surface area contributed by atoms with E-state index < -0.39 is 93.6 Å². The molecular weight excluding hydrogens is 538 g/mol. The highest BCUT2D eigenvalue weighted by Crippen LogP contribution is 2.50. The molecule has 1 rings (SSSR count). The minimum atomic E-state index is -4.72. The number of carbonyl (C=O) groups is 2. The number of esters is 2. The second kappa shape index (κ2) is 14.6. The molecule has 0 aliphatic heterocycles. The van der Waals surface area contributed by atoms with Crippen molar-refractivity contribution in [3.8, 4) is 0 Å². The van der Waals surface area contributed by atoms with Gasteiger partial charge in [-0.05, 0) is 6.92 Å². The van der Waals surface area contributed by atoms with Crippen LogP contribution in [-0.2, 0) is 37.2 Å². The summed E-state index contributed by atoms with van der Waals surface area (Å²) < 4.78 is 51.6. The van der Waals surface area contributed by atoms with Gasteiger partial charge < -0.3 is 24.8 Å². The van der Waals surface area contributed by atoms with E-state index in [1.165, 1.54) is 27.7 Å². The molecule has 0 bridgehead atoms. The van der Waals surface area contributed by atoms with Gasteiger partial charge in [-0.2, -0.15) is 0 Å². The van der Waals surface area contributed by atoms with Gasteiger partial charge >= 0.3 is 25.5 Å². The predicted molar refractivity (Wildman–Crippen MR) is 126 cm³/mol. The molecule has 0 aromatic carbocycles. The first-order valence-electron chi connectivity index (χ1n) is 11.4. The summed E-state index contributed by atoms with van der Waals surface area (Å²) >= 11 is 0. The van der Waals surface area contributed by atoms with E-state index in [1.807, 2.05) is 4.98 Å². The Balaban J connectivity index is 3.01. The normalized spacial score (nSPS) is 16.1. The highest BCUT2D eigenvalue weighted by Gasteiger charge is 2.45. The molecule has 1 aromatic heterocycles. The lowest BCUT2D eigenvalue weighted by Crippen LogP contribution is -2.54. The van der Waals surface area contributed by atoms with E-state index in [1.54, 1.807) is 0 Å². The number of aliphatic hydroxyl groups is 3. The maximum Gasteiger partial charge on any atom is 0.480 e. The number of hydrogen-bond acceptors (Lipinski definition) is 13. The third-order valence-corrected chi connectivity index (χ3v) is 6.40. The molecule has 0 saturated carbocycles. The van der Waals surface area contributed by atoms with Gasteiger partial charge in [-0.1, -0.05) is 27.7 Å². The zero-order valence-electron chi connectivity index (χ0n) is 21.6. The van der Waals surface area contributed by atoms with Crippen LogP contribution in [0.3, 0.4) is 0 Å². The van der Waals surface area contributed by atoms with Crippen molar-refractivity contribution < 1.29 is 56.9 Å². The Morgan fingerprint density at radius 3 is 1.97 bits per heavy atom. The third kappa shape index (κ3) is 9.69. The standard InChI is InChI=1S/C21H34FN2O13P/c1-12(2)17(27)33-10-36-38(32,37-11-34-18(28)13(3)4)35-9-14(8-22)16(26)21(5,31)19(29)24-7-6-15(25)23-20(24)30/h6-7,12-14,16,19,26,29,31H,8-11H2,1-5H3,(H,23,25,30)/t14-,16+,19+,21+/m0/s1. The molecule has 1 aromatic rings. The summed E-state index contributed by atoms with van der Waals surface area (Å²) in [6, 6.07) is 0.867. The number of aromatic nitrogens is 2. The Kier molecular flexibility index (Phi) is 12.9. The molecule has 17 heteroatoms. The number of aromatic amines is 1. The fourth-order valence-electron chi connectivity index (χ4n) is 2.68. The number of alkyl halides is 1. The van der Waals surface area contributed by atoms with E-state index >= 15 is 0 Å². The first-order valence-corrected chi connectivity index (χ1v) is 12.8. The summed E-state index contributed by atoms with van der Waals surface area (Å²) in [5, 5.41) is 31.8. The molecule has 1 heterocycles. The SMILES string of the molecule is CC(C)C(=O)OCOP(=O)(OCOC(=O)C(C)C)OC[C@H](CF)[C@@H](O)[C@@](C)(O)[C@@H](O)n1ccc(=O)[nH]c1=O. The summed E-state index contributed by atoms with van der Waals surface area (Å²) in [6.45, 7) is 2.80. The number of phosphoric acid groups is 1. The van der Waals surface area contributed by atoms with Crippen molar-refractivity contribution in [3.05, 3.63) is 33.1 Å². The molecule has 0 unspecified atom stereocenters. The molecule has 38 heavy (non-hydrogen) atoms. The molecule has 0 radical (unpaired) electrons. The Morgan fingerprint density at radius 2 is 1.55 bits per heavy atom. The number of carbonyl (C=O) groups excluding carboxylic acids is 2. The first-order chi connectivity index (χ1) is 17.6. The lowest BCUT2D eigenvalue weighted by atomic mass is 9.87. The van der Waals surface area contributed by atoms with Gasteiger partial charge in [0.15, 0.2) is 6.23 Å². The van der Waals surface area contributed by atoms with Gasteiger partial charge in [-0.25, -0.2) is 18.4 Å². The van der Waals surface area contributed by atoms with Crippen molar-refractivity contribution >= 4 is 19.8 Å². The van der Waals surface area contributed by atoms with E-state index in [2.05, 4.69) is 0 Å². The molecule has 0 aliphatic carbocycles. The van der Waals surface area contributed by atoms with Crippen molar-refractivity contribution in [2.45, 2.75) is 52.6 Å². The van der Waals surface area contributed by atoms with E-state index in [9.17, 15) is 43.5 Å². The number of rotatable bonds is 16. The van der Waals surface area contributed by atoms with Crippen LogP contribution in [-0.4, -0.2) is 75.4 Å². The van der Waals surface area contributed by atoms with Crippen LogP contribution in [0.4, 0.5) is 4.39 Å². The van der Waals surface area contributed by atoms with Crippen LogP contribution in [0.25, 0.3) is 0 Å². The smallest absolute Gasteiger partial charge is 0.438 e. The summed E-state index contributed by atoms with van der Waals surface area (Å²) in [4.78, 5) is 48.3. The van der Waals surface area contributed by atoms with Crippen LogP contribution in [0.2, 0.25) is 0 Å². The summed E-state index contributed by atoms with van der Waals surface area (Å²) in [7, 11) is -4.72. The Bertz CT molecular complexity index is 1060. The van der Waals surface area contributed by atoms with E-state index in [0.717, 1.165) is 19.2 Å². The number of hydrogen-bond donors (Lipinski definition) is 4. The molecule has 4 N–H and O–H groups in total. The summed E-state index contributed by atoms with van der Waals surface area (Å²) in [5.41, 5.74) is -4.51. The molecule has 0 amide bonds. The van der Waals surface area contributed by atoms with Crippen molar-refractivity contribution in [2.24, 2.45) is 17.8 Å². The predicted octanol–water partition coefficient (Wildman–Crippen LogP) is 0.196. The highest BCUT2D eigenvalue weighted by molar-refractivity contribution is 7.48. The zero-order chi connectivity index (χ0) is 29.3. The topological polar surface area (TPSA) is 213 Å². The first kappa shape index (κ1) is 33.6. The van der Waals surface area contributed by atoms with Crippen molar-refractivity contribution in [3.63, 3.8) is 0 Å². The van der Waals surface area contributed by atoms with Crippen LogP contribution in [0.1, 0.15) is 40.8 Å². The van der Waals surface area contributed by atoms with Gasteiger partial charge in [0.05, 0.1) is 31.2 Å². The maximum atomic E-state index is 13.8. The van der Waals surface area contributed by atoms with Gasteiger partial charge in [0, 0.05) is 18.2 Å². The fraction of sp³-hybridized carbons (Fsp3) is 0.714. The quantitative estimate of drug-likeness (QED) is 0.118. The number of phosphoric ester groups is 1. The van der Waals surface area contributed by atoms with E-state index in [4.69, 9.17) is 23.0 Å². The fourth-order valence-corrected chi connectivity index (χ4v) is 3.64. The largest absolute Gasteiger partial charge is 0.480 e. The molecular formula is C21H34FN2O13P. The van der Waals surface area contributed by atoms with Crippen LogP contribution in [0.5, 0.6) is 0 Å². The average Bonchev–Trinajstić information content (AvgIpc) is 2.83. The van der Waals surface area contributed by atoms with Gasteiger partial charge in [-0.15, -0.1) is 0 Å². The van der Waals surface area contributed by atoms with Gasteiger partial charge in [0.1, 0.15) is 5.60 Å². The van der Waals surface area contributed by atoms with Gasteiger partial charge in [0.25, 0.3) is 5.56 Å². The molecule has 15 nitrogen and oxygen atoms in total. The number of H-pyrrole nitrogens is 1. The van der Waals surface area contributed by atoms with E-state index in [0.29, 0.717) is 4.57 Å². The Hall–Kier alpha value is -2.46. The molecule has 0 fully saturated rings. The second-order valence-electron chi connectivity index (χ2n) is 8.95. The molecule has 4 atom stereocenters. The lowest BCUT2D eigenvalue weighted by Gasteiger charge is -2.37. The molecule has 218 valence electrons. The highest BCUT2D eigenvalue weighted by atomic mass is 31.2. The number of ether oxygens (including phenoxy) is 2. The van der Waals surface area contributed by atoms with Crippen LogP contribution >= 0.6 is 7.82 Å². The number of halogens is 1. The molecule has 0 spiro atoms. The third-order valence-electron chi connectivity index (χ3n) is 5.09. The lowest BCUT2D eigenvalue weighted by molar-refractivity contribution is -0.184. The number of nitrogens with one attached hydrogen (secondary N) is 1. The van der Waals surface area contributed by atoms with Gasteiger partial charge in [-0.3, -0.25) is 32.8 Å². The van der Waals surface area contributed by atoms with Crippen LogP contribution < -0.4 is 11.2 Å². The summed E-state index contributed by atoms with van der Waals surface area (Å²) in [6.07, 6.45) is -3.46. The minimum absolute atomic E-state index is 0.490. The Morgan fingerprint density at radius 1 is 1.05 bits per heavy atom. The van der Waals surface area contributed by atoms with E-state index in [-0.39, 0.29) is 0 Å². The number of nitrogens with zero attached hydrogens (tertiary/aromatic N) is 1. The maximum absolute atomic E-state index is 13.8. The van der Waals surface area contributed by atoms with Crippen molar-refractivity contribution in [1.82, 2.24) is 9.55 Å². The average molecular weight is 572 g/mol. The molecule has 0 saturated heterocycles. The zero-order valence-corrected chi connectivity index (χ0v) is 22.5. The van der Waals surface area contributed by atoms with Crippen molar-refractivity contribution in [1.29, 1.82) is 0 Å².